The van der Waals surface area contributed by atoms with Gasteiger partial charge in [-0.15, -0.1) is 0 Å². The fraction of sp³-hybridized carbons (Fsp3) is 0.467. The fourth-order valence-electron chi connectivity index (χ4n) is 2.82. The van der Waals surface area contributed by atoms with Crippen LogP contribution in [-0.4, -0.2) is 30.3 Å². The Morgan fingerprint density at radius 2 is 2.00 bits per heavy atom. The van der Waals surface area contributed by atoms with Crippen LogP contribution in [0.25, 0.3) is 10.9 Å². The zero-order valence-corrected chi connectivity index (χ0v) is 12.6. The molecule has 0 saturated heterocycles. The minimum Gasteiger partial charge on any atom is -0.399 e. The van der Waals surface area contributed by atoms with E-state index in [1.54, 1.807) is 28.7 Å². The Hall–Kier alpha value is -1.53. The molecule has 21 heavy (non-hydrogen) atoms. The third-order valence-corrected chi connectivity index (χ3v) is 6.30. The largest absolute Gasteiger partial charge is 0.399 e. The number of hydrogen-bond acceptors (Lipinski definition) is 3. The molecule has 6 heteroatoms. The second kappa shape index (κ2) is 4.48. The number of nitrogens with one attached hydrogen (secondary N) is 1. The van der Waals surface area contributed by atoms with E-state index in [1.807, 2.05) is 0 Å². The van der Waals surface area contributed by atoms with Crippen molar-refractivity contribution in [1.29, 1.82) is 0 Å². The second-order valence-electron chi connectivity index (χ2n) is 6.21. The summed E-state index contributed by atoms with van der Waals surface area (Å²) in [5.41, 5.74) is 7.16. The fourth-order valence-corrected chi connectivity index (χ4v) is 4.74. The van der Waals surface area contributed by atoms with Crippen LogP contribution in [0, 0.1) is 5.92 Å². The predicted molar refractivity (Wildman–Crippen MR) is 82.3 cm³/mol. The van der Waals surface area contributed by atoms with Crippen LogP contribution in [0.5, 0.6) is 0 Å². The number of H-pyrrole nitrogens is 1. The smallest absolute Gasteiger partial charge is 0.245 e. The zero-order chi connectivity index (χ0) is 14.6. The maximum absolute atomic E-state index is 13.0. The van der Waals surface area contributed by atoms with Crippen molar-refractivity contribution in [2.45, 2.75) is 36.6 Å². The lowest BCUT2D eigenvalue weighted by Gasteiger charge is -2.21. The van der Waals surface area contributed by atoms with Crippen LogP contribution in [0.1, 0.15) is 25.7 Å². The SMILES string of the molecule is Nc1ccc2c(S(=O)(=O)N(CC3CC3)C3CC3)c[nH]c2c1. The lowest BCUT2D eigenvalue weighted by Crippen LogP contribution is -2.34. The van der Waals surface area contributed by atoms with Crippen molar-refractivity contribution in [3.05, 3.63) is 24.4 Å². The average molecular weight is 305 g/mol. The van der Waals surface area contributed by atoms with Crippen LogP contribution in [0.15, 0.2) is 29.3 Å². The highest BCUT2D eigenvalue weighted by atomic mass is 32.2. The summed E-state index contributed by atoms with van der Waals surface area (Å²) in [6.07, 6.45) is 5.89. The predicted octanol–water partition coefficient (Wildman–Crippen LogP) is 2.31. The van der Waals surface area contributed by atoms with Crippen LogP contribution in [0.4, 0.5) is 5.69 Å². The van der Waals surface area contributed by atoms with E-state index >= 15 is 0 Å². The molecule has 0 aliphatic heterocycles. The Kier molecular flexibility index (Phi) is 2.81. The standard InChI is InChI=1S/C15H19N3O2S/c16-11-3-6-13-14(7-11)17-8-15(13)21(19,20)18(12-4-5-12)9-10-1-2-10/h3,6-8,10,12,17H,1-2,4-5,9,16H2. The molecule has 1 heterocycles. The number of fused-ring (bicyclic) bond motifs is 1. The molecule has 1 aromatic heterocycles. The third kappa shape index (κ3) is 2.32. The molecule has 5 nitrogen and oxygen atoms in total. The van der Waals surface area contributed by atoms with Crippen molar-refractivity contribution in [3.63, 3.8) is 0 Å². The van der Waals surface area contributed by atoms with Gasteiger partial charge < -0.3 is 10.7 Å². The van der Waals surface area contributed by atoms with E-state index in [-0.39, 0.29) is 6.04 Å². The second-order valence-corrected chi connectivity index (χ2v) is 8.07. The van der Waals surface area contributed by atoms with Gasteiger partial charge in [0.05, 0.1) is 0 Å². The molecular weight excluding hydrogens is 286 g/mol. The molecule has 2 aliphatic carbocycles. The maximum Gasteiger partial charge on any atom is 0.245 e. The molecule has 0 spiro atoms. The summed E-state index contributed by atoms with van der Waals surface area (Å²) < 4.78 is 27.7. The maximum atomic E-state index is 13.0. The van der Waals surface area contributed by atoms with Crippen molar-refractivity contribution in [1.82, 2.24) is 9.29 Å². The molecule has 2 aromatic rings. The lowest BCUT2D eigenvalue weighted by molar-refractivity contribution is 0.389. The molecule has 0 unspecified atom stereocenters. The lowest BCUT2D eigenvalue weighted by atomic mass is 10.2. The quantitative estimate of drug-likeness (QED) is 0.832. The van der Waals surface area contributed by atoms with E-state index in [2.05, 4.69) is 4.98 Å². The molecule has 2 aliphatic rings. The molecule has 0 atom stereocenters. The number of aromatic nitrogens is 1. The minimum atomic E-state index is -3.43. The molecule has 4 rings (SSSR count). The number of hydrogen-bond donors (Lipinski definition) is 2. The molecular formula is C15H19N3O2S. The Morgan fingerprint density at radius 3 is 2.67 bits per heavy atom. The summed E-state index contributed by atoms with van der Waals surface area (Å²) in [5.74, 6) is 0.557. The number of anilines is 1. The summed E-state index contributed by atoms with van der Waals surface area (Å²) in [6.45, 7) is 0.675. The summed E-state index contributed by atoms with van der Waals surface area (Å²) >= 11 is 0. The van der Waals surface area contributed by atoms with Crippen LogP contribution in [0.3, 0.4) is 0 Å². The molecule has 2 fully saturated rings. The van der Waals surface area contributed by atoms with Gasteiger partial charge in [0.15, 0.2) is 0 Å². The monoisotopic (exact) mass is 305 g/mol. The van der Waals surface area contributed by atoms with Gasteiger partial charge >= 0.3 is 0 Å². The number of sulfonamides is 1. The molecule has 1 aromatic carbocycles. The zero-order valence-electron chi connectivity index (χ0n) is 11.7. The van der Waals surface area contributed by atoms with Crippen molar-refractivity contribution in [3.8, 4) is 0 Å². The summed E-state index contributed by atoms with van der Waals surface area (Å²) in [6, 6.07) is 5.51. The molecule has 0 amide bonds. The van der Waals surface area contributed by atoms with Gasteiger partial charge in [0.2, 0.25) is 10.0 Å². The number of aromatic amines is 1. The molecule has 112 valence electrons. The van der Waals surface area contributed by atoms with Gasteiger partial charge in [-0.2, -0.15) is 4.31 Å². The summed E-state index contributed by atoms with van der Waals surface area (Å²) in [5, 5.41) is 0.727. The van der Waals surface area contributed by atoms with Crippen molar-refractivity contribution >= 4 is 26.6 Å². The van der Waals surface area contributed by atoms with Gasteiger partial charge in [-0.05, 0) is 49.8 Å². The van der Waals surface area contributed by atoms with E-state index in [0.717, 1.165) is 36.6 Å². The normalized spacial score (nSPS) is 19.5. The first kappa shape index (κ1) is 13.2. The highest BCUT2D eigenvalue weighted by Gasteiger charge is 2.41. The Balaban J connectivity index is 1.77. The van der Waals surface area contributed by atoms with E-state index in [4.69, 9.17) is 5.73 Å². The van der Waals surface area contributed by atoms with E-state index in [9.17, 15) is 8.42 Å². The van der Waals surface area contributed by atoms with Gasteiger partial charge in [0, 0.05) is 35.4 Å². The van der Waals surface area contributed by atoms with Gasteiger partial charge in [0.25, 0.3) is 0 Å². The molecule has 3 N–H and O–H groups in total. The first-order valence-corrected chi connectivity index (χ1v) is 8.88. The molecule has 2 saturated carbocycles. The van der Waals surface area contributed by atoms with E-state index in [0.29, 0.717) is 23.0 Å². The summed E-state index contributed by atoms with van der Waals surface area (Å²) in [4.78, 5) is 3.41. The minimum absolute atomic E-state index is 0.203. The van der Waals surface area contributed by atoms with Crippen LogP contribution >= 0.6 is 0 Å². The third-order valence-electron chi connectivity index (χ3n) is 4.34. The van der Waals surface area contributed by atoms with Crippen molar-refractivity contribution < 1.29 is 8.42 Å². The summed E-state index contributed by atoms with van der Waals surface area (Å²) in [7, 11) is -3.43. The van der Waals surface area contributed by atoms with Gasteiger partial charge in [-0.25, -0.2) is 8.42 Å². The number of benzene rings is 1. The van der Waals surface area contributed by atoms with E-state index in [1.165, 1.54) is 0 Å². The van der Waals surface area contributed by atoms with Gasteiger partial charge in [-0.3, -0.25) is 0 Å². The Bertz CT molecular complexity index is 788. The van der Waals surface area contributed by atoms with Crippen molar-refractivity contribution in [2.24, 2.45) is 5.92 Å². The first-order chi connectivity index (χ1) is 10.1. The van der Waals surface area contributed by atoms with Crippen LogP contribution < -0.4 is 5.73 Å². The van der Waals surface area contributed by atoms with E-state index < -0.39 is 10.0 Å². The number of rotatable bonds is 5. The number of nitrogens with two attached hydrogens (primary N) is 1. The van der Waals surface area contributed by atoms with Crippen LogP contribution in [-0.2, 0) is 10.0 Å². The molecule has 0 radical (unpaired) electrons. The highest BCUT2D eigenvalue weighted by molar-refractivity contribution is 7.89. The highest BCUT2D eigenvalue weighted by Crippen LogP contribution is 2.39. The number of nitrogens with zero attached hydrogens (tertiary/aromatic N) is 1. The first-order valence-electron chi connectivity index (χ1n) is 7.44. The van der Waals surface area contributed by atoms with Crippen molar-refractivity contribution in [2.75, 3.05) is 12.3 Å². The topological polar surface area (TPSA) is 79.2 Å². The number of nitrogen functional groups attached to an aromatic ring is 1. The molecule has 0 bridgehead atoms. The Labute approximate surface area is 124 Å². The van der Waals surface area contributed by atoms with Crippen LogP contribution in [0.2, 0.25) is 0 Å². The Morgan fingerprint density at radius 1 is 1.24 bits per heavy atom. The van der Waals surface area contributed by atoms with Gasteiger partial charge in [-0.1, -0.05) is 0 Å². The van der Waals surface area contributed by atoms with Gasteiger partial charge in [0.1, 0.15) is 4.90 Å². The average Bonchev–Trinajstić information content (AvgIpc) is 3.33.